The predicted molar refractivity (Wildman–Crippen MR) is 81.3 cm³/mol. The van der Waals surface area contributed by atoms with Crippen LogP contribution < -0.4 is 4.74 Å². The van der Waals surface area contributed by atoms with Gasteiger partial charge in [0.2, 0.25) is 0 Å². The van der Waals surface area contributed by atoms with Crippen LogP contribution in [-0.4, -0.2) is 22.9 Å². The van der Waals surface area contributed by atoms with Gasteiger partial charge in [-0.1, -0.05) is 6.07 Å². The highest BCUT2D eigenvalue weighted by Crippen LogP contribution is 2.32. The Morgan fingerprint density at radius 3 is 2.90 bits per heavy atom. The summed E-state index contributed by atoms with van der Waals surface area (Å²) >= 11 is 0. The fourth-order valence-electron chi connectivity index (χ4n) is 3.06. The van der Waals surface area contributed by atoms with Gasteiger partial charge in [-0.15, -0.1) is 0 Å². The van der Waals surface area contributed by atoms with Crippen molar-refractivity contribution in [2.24, 2.45) is 0 Å². The summed E-state index contributed by atoms with van der Waals surface area (Å²) in [6.07, 6.45) is 4.73. The van der Waals surface area contributed by atoms with E-state index < -0.39 is 0 Å². The molecular formula is C17H23NO2. The number of benzene rings is 1. The summed E-state index contributed by atoms with van der Waals surface area (Å²) in [4.78, 5) is 0. The van der Waals surface area contributed by atoms with E-state index in [2.05, 4.69) is 42.8 Å². The first-order valence-electron chi connectivity index (χ1n) is 7.47. The highest BCUT2D eigenvalue weighted by atomic mass is 16.5. The van der Waals surface area contributed by atoms with Crippen molar-refractivity contribution in [2.75, 3.05) is 6.61 Å². The van der Waals surface area contributed by atoms with Gasteiger partial charge in [0.1, 0.15) is 5.75 Å². The molecule has 108 valence electrons. The van der Waals surface area contributed by atoms with Crippen molar-refractivity contribution in [3.63, 3.8) is 0 Å². The van der Waals surface area contributed by atoms with Gasteiger partial charge in [-0.05, 0) is 51.8 Å². The van der Waals surface area contributed by atoms with Crippen LogP contribution in [-0.2, 0) is 11.3 Å². The van der Waals surface area contributed by atoms with E-state index in [9.17, 15) is 0 Å². The molecule has 1 atom stereocenters. The molecule has 3 nitrogen and oxygen atoms in total. The zero-order valence-electron chi connectivity index (χ0n) is 12.6. The molecule has 0 spiro atoms. The van der Waals surface area contributed by atoms with Crippen molar-refractivity contribution in [3.8, 4) is 5.75 Å². The molecule has 1 aliphatic rings. The van der Waals surface area contributed by atoms with Crippen molar-refractivity contribution in [3.05, 3.63) is 30.5 Å². The summed E-state index contributed by atoms with van der Waals surface area (Å²) in [5, 5.41) is 1.19. The number of hydrogen-bond donors (Lipinski definition) is 0. The summed E-state index contributed by atoms with van der Waals surface area (Å²) < 4.78 is 14.1. The third kappa shape index (κ3) is 2.55. The molecule has 1 aromatic carbocycles. The Hall–Kier alpha value is -1.48. The van der Waals surface area contributed by atoms with Crippen molar-refractivity contribution in [1.29, 1.82) is 0 Å². The second-order valence-electron chi connectivity index (χ2n) is 6.13. The molecule has 2 aromatic rings. The van der Waals surface area contributed by atoms with Crippen LogP contribution in [0.15, 0.2) is 30.5 Å². The van der Waals surface area contributed by atoms with Gasteiger partial charge in [-0.3, -0.25) is 0 Å². The van der Waals surface area contributed by atoms with E-state index >= 15 is 0 Å². The molecule has 0 amide bonds. The first kappa shape index (κ1) is 13.5. The summed E-state index contributed by atoms with van der Waals surface area (Å²) in [6.45, 7) is 7.99. The molecule has 3 rings (SSSR count). The number of hydrogen-bond acceptors (Lipinski definition) is 2. The van der Waals surface area contributed by atoms with Gasteiger partial charge in [0.25, 0.3) is 0 Å². The smallest absolute Gasteiger partial charge is 0.128 e. The number of aromatic nitrogens is 1. The number of fused-ring (bicyclic) bond motifs is 1. The summed E-state index contributed by atoms with van der Waals surface area (Å²) in [7, 11) is 0. The van der Waals surface area contributed by atoms with E-state index in [0.717, 1.165) is 25.1 Å². The third-order valence-electron chi connectivity index (χ3n) is 4.03. The number of ether oxygens (including phenoxy) is 2. The van der Waals surface area contributed by atoms with E-state index in [1.165, 1.54) is 10.9 Å². The Morgan fingerprint density at radius 2 is 2.20 bits per heavy atom. The second-order valence-corrected chi connectivity index (χ2v) is 6.13. The Labute approximate surface area is 120 Å². The molecule has 2 heterocycles. The standard InChI is InChI=1S/C17H23NO2/c1-4-19-16-7-5-6-15-14(16)9-11-18(15)12-13-8-10-17(2,3)20-13/h5-7,9,11,13H,4,8,10,12H2,1-3H3. The Bertz CT molecular complexity index is 600. The highest BCUT2D eigenvalue weighted by molar-refractivity contribution is 5.86. The Balaban J connectivity index is 1.84. The van der Waals surface area contributed by atoms with Crippen LogP contribution in [0.5, 0.6) is 5.75 Å². The van der Waals surface area contributed by atoms with E-state index in [1.807, 2.05) is 13.0 Å². The van der Waals surface area contributed by atoms with Gasteiger partial charge < -0.3 is 14.0 Å². The third-order valence-corrected chi connectivity index (χ3v) is 4.03. The maximum atomic E-state index is 6.10. The van der Waals surface area contributed by atoms with Crippen molar-refractivity contribution >= 4 is 10.9 Å². The molecule has 0 bridgehead atoms. The van der Waals surface area contributed by atoms with Gasteiger partial charge >= 0.3 is 0 Å². The minimum absolute atomic E-state index is 0.0319. The summed E-state index contributed by atoms with van der Waals surface area (Å²) in [5.41, 5.74) is 1.26. The average Bonchev–Trinajstić information content (AvgIpc) is 2.95. The zero-order valence-corrected chi connectivity index (χ0v) is 12.6. The lowest BCUT2D eigenvalue weighted by atomic mass is 10.1. The lowest BCUT2D eigenvalue weighted by Crippen LogP contribution is -2.22. The SMILES string of the molecule is CCOc1cccc2c1ccn2CC1CCC(C)(C)O1. The monoisotopic (exact) mass is 273 g/mol. The highest BCUT2D eigenvalue weighted by Gasteiger charge is 2.31. The predicted octanol–water partition coefficient (Wildman–Crippen LogP) is 4.00. The topological polar surface area (TPSA) is 23.4 Å². The molecule has 0 saturated carbocycles. The molecule has 1 aliphatic heterocycles. The fourth-order valence-corrected chi connectivity index (χ4v) is 3.06. The lowest BCUT2D eigenvalue weighted by molar-refractivity contribution is -0.0212. The van der Waals surface area contributed by atoms with E-state index in [1.54, 1.807) is 0 Å². The molecule has 1 unspecified atom stereocenters. The van der Waals surface area contributed by atoms with Gasteiger partial charge in [0.15, 0.2) is 0 Å². The molecule has 0 N–H and O–H groups in total. The molecule has 3 heteroatoms. The first-order chi connectivity index (χ1) is 9.59. The molecule has 1 aromatic heterocycles. The van der Waals surface area contributed by atoms with Gasteiger partial charge in [-0.25, -0.2) is 0 Å². The van der Waals surface area contributed by atoms with Crippen LogP contribution in [0, 0.1) is 0 Å². The maximum Gasteiger partial charge on any atom is 0.128 e. The Kier molecular flexibility index (Phi) is 3.47. The van der Waals surface area contributed by atoms with E-state index in [-0.39, 0.29) is 5.60 Å². The van der Waals surface area contributed by atoms with Gasteiger partial charge in [0, 0.05) is 18.1 Å². The van der Waals surface area contributed by atoms with Crippen molar-refractivity contribution in [1.82, 2.24) is 4.57 Å². The number of nitrogens with zero attached hydrogens (tertiary/aromatic N) is 1. The summed E-state index contributed by atoms with van der Waals surface area (Å²) in [6, 6.07) is 8.38. The molecule has 0 aliphatic carbocycles. The van der Waals surface area contributed by atoms with Crippen LogP contribution in [0.3, 0.4) is 0 Å². The molecule has 0 radical (unpaired) electrons. The van der Waals surface area contributed by atoms with Crippen LogP contribution in [0.4, 0.5) is 0 Å². The van der Waals surface area contributed by atoms with Crippen molar-refractivity contribution in [2.45, 2.75) is 51.9 Å². The summed E-state index contributed by atoms with van der Waals surface area (Å²) in [5.74, 6) is 0.969. The average molecular weight is 273 g/mol. The van der Waals surface area contributed by atoms with Crippen LogP contribution in [0.1, 0.15) is 33.6 Å². The molecule has 1 fully saturated rings. The first-order valence-corrected chi connectivity index (χ1v) is 7.47. The molecular weight excluding hydrogens is 250 g/mol. The normalized spacial score (nSPS) is 21.4. The van der Waals surface area contributed by atoms with Crippen LogP contribution in [0.2, 0.25) is 0 Å². The van der Waals surface area contributed by atoms with Gasteiger partial charge in [0.05, 0.1) is 23.8 Å². The Morgan fingerprint density at radius 1 is 1.35 bits per heavy atom. The quantitative estimate of drug-likeness (QED) is 0.840. The van der Waals surface area contributed by atoms with E-state index in [4.69, 9.17) is 9.47 Å². The molecule has 1 saturated heterocycles. The van der Waals surface area contributed by atoms with E-state index in [0.29, 0.717) is 12.7 Å². The molecule has 20 heavy (non-hydrogen) atoms. The maximum absolute atomic E-state index is 6.10. The minimum Gasteiger partial charge on any atom is -0.493 e. The number of rotatable bonds is 4. The van der Waals surface area contributed by atoms with Crippen LogP contribution >= 0.6 is 0 Å². The van der Waals surface area contributed by atoms with Crippen molar-refractivity contribution < 1.29 is 9.47 Å². The zero-order chi connectivity index (χ0) is 14.2. The fraction of sp³-hybridized carbons (Fsp3) is 0.529. The lowest BCUT2D eigenvalue weighted by Gasteiger charge is -2.20. The van der Waals surface area contributed by atoms with Gasteiger partial charge in [-0.2, -0.15) is 0 Å². The van der Waals surface area contributed by atoms with Crippen LogP contribution in [0.25, 0.3) is 10.9 Å². The largest absolute Gasteiger partial charge is 0.493 e. The second kappa shape index (κ2) is 5.13. The minimum atomic E-state index is 0.0319.